The van der Waals surface area contributed by atoms with Crippen LogP contribution in [0.25, 0.3) is 0 Å². The number of nitrogens with two attached hydrogens (primary N) is 1. The maximum atomic E-state index is 5.97. The lowest BCUT2D eigenvalue weighted by molar-refractivity contribution is 0.103. The number of nitrogens with one attached hydrogen (secondary N) is 1. The normalized spacial score (nSPS) is 18.9. The van der Waals surface area contributed by atoms with Gasteiger partial charge in [0.15, 0.2) is 0 Å². The highest BCUT2D eigenvalue weighted by Gasteiger charge is 2.44. The van der Waals surface area contributed by atoms with Gasteiger partial charge in [0, 0.05) is 11.1 Å². The molecule has 1 aliphatic rings. The molecule has 0 aromatic heterocycles. The highest BCUT2D eigenvalue weighted by atomic mass is 16.5. The molecule has 21 heavy (non-hydrogen) atoms. The maximum Gasteiger partial charge on any atom is 0.124 e. The van der Waals surface area contributed by atoms with Gasteiger partial charge in [0.25, 0.3) is 0 Å². The van der Waals surface area contributed by atoms with Crippen molar-refractivity contribution in [3.05, 3.63) is 29.8 Å². The summed E-state index contributed by atoms with van der Waals surface area (Å²) in [6.45, 7) is 2.86. The maximum absolute atomic E-state index is 5.97. The van der Waals surface area contributed by atoms with Gasteiger partial charge in [-0.1, -0.05) is 38.0 Å². The standard InChI is InChI=1S/C17H29N3O/c1-4-13-21-15-10-6-5-9-14(15)16(19-18)17(20(2)3)11-7-8-12-17/h5-6,9-10,16,19H,4,7-8,11-13,18H2,1-3H3. The summed E-state index contributed by atoms with van der Waals surface area (Å²) in [6.07, 6.45) is 5.85. The zero-order valence-corrected chi connectivity index (χ0v) is 13.6. The van der Waals surface area contributed by atoms with Gasteiger partial charge in [0.2, 0.25) is 0 Å². The summed E-state index contributed by atoms with van der Waals surface area (Å²) in [5, 5.41) is 0. The van der Waals surface area contributed by atoms with Crippen LogP contribution in [-0.4, -0.2) is 31.1 Å². The van der Waals surface area contributed by atoms with Gasteiger partial charge in [0.1, 0.15) is 5.75 Å². The Morgan fingerprint density at radius 2 is 1.95 bits per heavy atom. The molecule has 0 saturated heterocycles. The first-order chi connectivity index (χ1) is 10.2. The topological polar surface area (TPSA) is 50.5 Å². The first-order valence-corrected chi connectivity index (χ1v) is 8.01. The second-order valence-corrected chi connectivity index (χ2v) is 6.19. The summed E-state index contributed by atoms with van der Waals surface area (Å²) >= 11 is 0. The Hall–Kier alpha value is -1.10. The molecule has 4 nitrogen and oxygen atoms in total. The molecule has 118 valence electrons. The van der Waals surface area contributed by atoms with Crippen LogP contribution in [0.3, 0.4) is 0 Å². The van der Waals surface area contributed by atoms with E-state index in [1.54, 1.807) is 0 Å². The molecule has 1 aliphatic carbocycles. The molecule has 0 heterocycles. The minimum Gasteiger partial charge on any atom is -0.493 e. The Labute approximate surface area is 128 Å². The van der Waals surface area contributed by atoms with Crippen LogP contribution in [0.1, 0.15) is 50.6 Å². The van der Waals surface area contributed by atoms with E-state index in [1.165, 1.54) is 18.4 Å². The van der Waals surface area contributed by atoms with Crippen LogP contribution in [0.2, 0.25) is 0 Å². The Morgan fingerprint density at radius 1 is 1.29 bits per heavy atom. The second-order valence-electron chi connectivity index (χ2n) is 6.19. The molecule has 3 N–H and O–H groups in total. The summed E-state index contributed by atoms with van der Waals surface area (Å²) in [7, 11) is 4.32. The third-order valence-electron chi connectivity index (χ3n) is 4.76. The van der Waals surface area contributed by atoms with Crippen molar-refractivity contribution in [3.63, 3.8) is 0 Å². The summed E-state index contributed by atoms with van der Waals surface area (Å²) in [5.74, 6) is 6.93. The number of hydrogen-bond donors (Lipinski definition) is 2. The van der Waals surface area contributed by atoms with Crippen LogP contribution in [0.15, 0.2) is 24.3 Å². The molecule has 0 amide bonds. The van der Waals surface area contributed by atoms with E-state index >= 15 is 0 Å². The monoisotopic (exact) mass is 291 g/mol. The van der Waals surface area contributed by atoms with Gasteiger partial charge in [-0.25, -0.2) is 0 Å². The first kappa shape index (κ1) is 16.3. The van der Waals surface area contributed by atoms with Crippen molar-refractivity contribution in [2.75, 3.05) is 20.7 Å². The van der Waals surface area contributed by atoms with Crippen molar-refractivity contribution < 1.29 is 4.74 Å². The highest BCUT2D eigenvalue weighted by molar-refractivity contribution is 5.38. The lowest BCUT2D eigenvalue weighted by Crippen LogP contribution is -2.53. The Bertz CT molecular complexity index is 441. The molecule has 1 aromatic carbocycles. The van der Waals surface area contributed by atoms with Crippen LogP contribution < -0.4 is 16.0 Å². The second kappa shape index (κ2) is 7.25. The molecule has 0 radical (unpaired) electrons. The van der Waals surface area contributed by atoms with E-state index in [-0.39, 0.29) is 11.6 Å². The zero-order valence-electron chi connectivity index (χ0n) is 13.6. The number of hydrazine groups is 1. The molecule has 4 heteroatoms. The fraction of sp³-hybridized carbons (Fsp3) is 0.647. The highest BCUT2D eigenvalue weighted by Crippen LogP contribution is 2.45. The predicted octanol–water partition coefficient (Wildman–Crippen LogP) is 2.85. The SMILES string of the molecule is CCCOc1ccccc1C(NN)C1(N(C)C)CCCC1. The van der Waals surface area contributed by atoms with Crippen molar-refractivity contribution in [3.8, 4) is 5.75 Å². The Kier molecular flexibility index (Phi) is 5.62. The summed E-state index contributed by atoms with van der Waals surface area (Å²) in [5.41, 5.74) is 4.32. The largest absolute Gasteiger partial charge is 0.493 e. The molecule has 2 rings (SSSR count). The van der Waals surface area contributed by atoms with Gasteiger partial charge in [0.05, 0.1) is 12.6 Å². The zero-order chi connectivity index (χ0) is 15.3. The van der Waals surface area contributed by atoms with Gasteiger partial charge < -0.3 is 9.64 Å². The lowest BCUT2D eigenvalue weighted by atomic mass is 9.82. The smallest absolute Gasteiger partial charge is 0.124 e. The van der Waals surface area contributed by atoms with Crippen LogP contribution in [0.5, 0.6) is 5.75 Å². The van der Waals surface area contributed by atoms with E-state index in [0.717, 1.165) is 31.6 Å². The number of nitrogens with zero attached hydrogens (tertiary/aromatic N) is 1. The molecule has 1 saturated carbocycles. The third kappa shape index (κ3) is 3.23. The first-order valence-electron chi connectivity index (χ1n) is 8.01. The van der Waals surface area contributed by atoms with E-state index in [1.807, 2.05) is 12.1 Å². The number of para-hydroxylation sites is 1. The van der Waals surface area contributed by atoms with Gasteiger partial charge in [-0.15, -0.1) is 0 Å². The van der Waals surface area contributed by atoms with Crippen molar-refractivity contribution in [2.45, 2.75) is 50.6 Å². The van der Waals surface area contributed by atoms with E-state index in [2.05, 4.69) is 43.5 Å². The number of likely N-dealkylation sites (N-methyl/N-ethyl adjacent to an activating group) is 1. The summed E-state index contributed by atoms with van der Waals surface area (Å²) in [4.78, 5) is 2.33. The van der Waals surface area contributed by atoms with Crippen molar-refractivity contribution in [2.24, 2.45) is 5.84 Å². The number of benzene rings is 1. The van der Waals surface area contributed by atoms with Crippen LogP contribution >= 0.6 is 0 Å². The fourth-order valence-electron chi connectivity index (χ4n) is 3.58. The van der Waals surface area contributed by atoms with Crippen molar-refractivity contribution >= 4 is 0 Å². The fourth-order valence-corrected chi connectivity index (χ4v) is 3.58. The Balaban J connectivity index is 2.36. The quantitative estimate of drug-likeness (QED) is 0.599. The van der Waals surface area contributed by atoms with Crippen LogP contribution in [-0.2, 0) is 0 Å². The minimum absolute atomic E-state index is 0.0699. The van der Waals surface area contributed by atoms with Crippen molar-refractivity contribution in [1.29, 1.82) is 0 Å². The van der Waals surface area contributed by atoms with Crippen LogP contribution in [0.4, 0.5) is 0 Å². The number of ether oxygens (including phenoxy) is 1. The van der Waals surface area contributed by atoms with Gasteiger partial charge in [-0.3, -0.25) is 11.3 Å². The van der Waals surface area contributed by atoms with Gasteiger partial charge in [-0.05, 0) is 39.4 Å². The molecular weight excluding hydrogens is 262 g/mol. The minimum atomic E-state index is 0.0699. The molecule has 0 bridgehead atoms. The number of rotatable bonds is 7. The average molecular weight is 291 g/mol. The predicted molar refractivity (Wildman–Crippen MR) is 87.2 cm³/mol. The van der Waals surface area contributed by atoms with Crippen molar-refractivity contribution in [1.82, 2.24) is 10.3 Å². The third-order valence-corrected chi connectivity index (χ3v) is 4.76. The summed E-state index contributed by atoms with van der Waals surface area (Å²) < 4.78 is 5.94. The van der Waals surface area contributed by atoms with Crippen LogP contribution in [0, 0.1) is 0 Å². The van der Waals surface area contributed by atoms with E-state index < -0.39 is 0 Å². The molecule has 0 spiro atoms. The molecule has 1 atom stereocenters. The molecule has 1 aromatic rings. The molecular formula is C17H29N3O. The molecule has 1 unspecified atom stereocenters. The molecule has 0 aliphatic heterocycles. The van der Waals surface area contributed by atoms with E-state index in [9.17, 15) is 0 Å². The Morgan fingerprint density at radius 3 is 2.52 bits per heavy atom. The van der Waals surface area contributed by atoms with E-state index in [0.29, 0.717) is 0 Å². The lowest BCUT2D eigenvalue weighted by Gasteiger charge is -2.43. The number of hydrogen-bond acceptors (Lipinski definition) is 4. The van der Waals surface area contributed by atoms with Gasteiger partial charge >= 0.3 is 0 Å². The molecule has 1 fully saturated rings. The average Bonchev–Trinajstić information content (AvgIpc) is 2.98. The summed E-state index contributed by atoms with van der Waals surface area (Å²) in [6, 6.07) is 8.37. The van der Waals surface area contributed by atoms with E-state index in [4.69, 9.17) is 10.6 Å². The van der Waals surface area contributed by atoms with Gasteiger partial charge in [-0.2, -0.15) is 0 Å².